The van der Waals surface area contributed by atoms with E-state index >= 15 is 0 Å². The molecule has 110 valence electrons. The molecule has 1 atom stereocenters. The molecule has 0 saturated heterocycles. The van der Waals surface area contributed by atoms with E-state index in [9.17, 15) is 4.79 Å². The minimum atomic E-state index is -0.821. The number of thioether (sulfide) groups is 1. The molecule has 0 amide bonds. The van der Waals surface area contributed by atoms with Gasteiger partial charge in [0.2, 0.25) is 0 Å². The Morgan fingerprint density at radius 2 is 2.05 bits per heavy atom. The van der Waals surface area contributed by atoms with Gasteiger partial charge in [-0.1, -0.05) is 12.1 Å². The number of hydrogen-bond acceptors (Lipinski definition) is 4. The van der Waals surface area contributed by atoms with Gasteiger partial charge in [-0.15, -0.1) is 11.8 Å². The number of pyridine rings is 2. The molecule has 0 aliphatic heterocycles. The van der Waals surface area contributed by atoms with E-state index in [2.05, 4.69) is 9.97 Å². The van der Waals surface area contributed by atoms with E-state index in [1.165, 1.54) is 11.8 Å². The number of rotatable bonds is 4. The largest absolute Gasteiger partial charge is 0.480 e. The maximum Gasteiger partial charge on any atom is 0.316 e. The molecule has 0 spiro atoms. The van der Waals surface area contributed by atoms with E-state index in [1.807, 2.05) is 42.6 Å². The maximum atomic E-state index is 11.1. The number of carboxylic acid groups (broad SMARTS) is 1. The Kier molecular flexibility index (Phi) is 4.06. The Morgan fingerprint density at radius 3 is 2.77 bits per heavy atom. The van der Waals surface area contributed by atoms with Gasteiger partial charge in [0.15, 0.2) is 0 Å². The zero-order valence-corrected chi connectivity index (χ0v) is 12.7. The highest BCUT2D eigenvalue weighted by Crippen LogP contribution is 2.32. The molecule has 1 aromatic carbocycles. The number of carboxylic acids is 1. The SMILES string of the molecule is CC(Sc1ccnc2ccc(-c3cccnc3)cc12)C(=O)O. The van der Waals surface area contributed by atoms with Crippen molar-refractivity contribution in [2.75, 3.05) is 0 Å². The number of aromatic nitrogens is 2. The summed E-state index contributed by atoms with van der Waals surface area (Å²) in [7, 11) is 0. The highest BCUT2D eigenvalue weighted by molar-refractivity contribution is 8.00. The molecule has 3 aromatic rings. The lowest BCUT2D eigenvalue weighted by Crippen LogP contribution is -2.11. The summed E-state index contributed by atoms with van der Waals surface area (Å²) in [5, 5.41) is 9.56. The lowest BCUT2D eigenvalue weighted by molar-refractivity contribution is -0.136. The van der Waals surface area contributed by atoms with Gasteiger partial charge in [0, 0.05) is 34.4 Å². The molecule has 0 fully saturated rings. The first-order valence-electron chi connectivity index (χ1n) is 6.84. The molecule has 5 heteroatoms. The predicted molar refractivity (Wildman–Crippen MR) is 87.9 cm³/mol. The molecule has 22 heavy (non-hydrogen) atoms. The molecular formula is C17H14N2O2S. The van der Waals surface area contributed by atoms with Gasteiger partial charge in [-0.05, 0) is 36.8 Å². The third-order valence-electron chi connectivity index (χ3n) is 3.35. The lowest BCUT2D eigenvalue weighted by atomic mass is 10.1. The highest BCUT2D eigenvalue weighted by atomic mass is 32.2. The van der Waals surface area contributed by atoms with Gasteiger partial charge in [-0.25, -0.2) is 0 Å². The lowest BCUT2D eigenvalue weighted by Gasteiger charge is -2.10. The van der Waals surface area contributed by atoms with Crippen LogP contribution in [0.25, 0.3) is 22.0 Å². The minimum absolute atomic E-state index is 0.507. The monoisotopic (exact) mass is 310 g/mol. The van der Waals surface area contributed by atoms with E-state index in [1.54, 1.807) is 19.3 Å². The number of benzene rings is 1. The molecule has 0 radical (unpaired) electrons. The number of nitrogens with zero attached hydrogens (tertiary/aromatic N) is 2. The third-order valence-corrected chi connectivity index (χ3v) is 4.51. The number of carbonyl (C=O) groups is 1. The normalized spacial score (nSPS) is 12.2. The summed E-state index contributed by atoms with van der Waals surface area (Å²) in [4.78, 5) is 20.5. The van der Waals surface area contributed by atoms with Crippen LogP contribution in [0.1, 0.15) is 6.92 Å². The van der Waals surface area contributed by atoms with Crippen molar-refractivity contribution in [2.45, 2.75) is 17.1 Å². The van der Waals surface area contributed by atoms with E-state index in [-0.39, 0.29) is 0 Å². The fourth-order valence-electron chi connectivity index (χ4n) is 2.18. The molecule has 3 rings (SSSR count). The molecule has 4 nitrogen and oxygen atoms in total. The van der Waals surface area contributed by atoms with Crippen LogP contribution in [0.15, 0.2) is 59.9 Å². The van der Waals surface area contributed by atoms with Crippen molar-refractivity contribution < 1.29 is 9.90 Å². The van der Waals surface area contributed by atoms with Gasteiger partial charge in [-0.2, -0.15) is 0 Å². The van der Waals surface area contributed by atoms with E-state index in [0.717, 1.165) is 26.9 Å². The highest BCUT2D eigenvalue weighted by Gasteiger charge is 2.14. The van der Waals surface area contributed by atoms with Crippen LogP contribution in [0, 0.1) is 0 Å². The Hall–Kier alpha value is -2.40. The Labute approximate surface area is 132 Å². The van der Waals surface area contributed by atoms with Crippen molar-refractivity contribution in [1.82, 2.24) is 9.97 Å². The van der Waals surface area contributed by atoms with Crippen molar-refractivity contribution in [3.05, 3.63) is 55.0 Å². The maximum absolute atomic E-state index is 11.1. The average molecular weight is 310 g/mol. The Morgan fingerprint density at radius 1 is 1.18 bits per heavy atom. The molecule has 1 unspecified atom stereocenters. The molecule has 0 aliphatic rings. The Bertz CT molecular complexity index is 821. The van der Waals surface area contributed by atoms with Gasteiger partial charge in [0.1, 0.15) is 5.25 Å². The van der Waals surface area contributed by atoms with Crippen LogP contribution >= 0.6 is 11.8 Å². The minimum Gasteiger partial charge on any atom is -0.480 e. The second-order valence-corrected chi connectivity index (χ2v) is 6.26. The van der Waals surface area contributed by atoms with E-state index in [4.69, 9.17) is 5.11 Å². The number of fused-ring (bicyclic) bond motifs is 1. The first kappa shape index (κ1) is 14.5. The fourth-order valence-corrected chi connectivity index (χ4v) is 3.09. The van der Waals surface area contributed by atoms with Crippen LogP contribution < -0.4 is 0 Å². The predicted octanol–water partition coefficient (Wildman–Crippen LogP) is 3.86. The first-order valence-corrected chi connectivity index (χ1v) is 7.72. The van der Waals surface area contributed by atoms with Crippen LogP contribution in [-0.4, -0.2) is 26.3 Å². The van der Waals surface area contributed by atoms with Gasteiger partial charge in [-0.3, -0.25) is 14.8 Å². The average Bonchev–Trinajstić information content (AvgIpc) is 2.55. The zero-order chi connectivity index (χ0) is 15.5. The van der Waals surface area contributed by atoms with Crippen LogP contribution in [0.4, 0.5) is 0 Å². The second-order valence-electron chi connectivity index (χ2n) is 4.88. The summed E-state index contributed by atoms with van der Waals surface area (Å²) in [6.45, 7) is 1.68. The van der Waals surface area contributed by atoms with E-state index in [0.29, 0.717) is 0 Å². The second kappa shape index (κ2) is 6.15. The summed E-state index contributed by atoms with van der Waals surface area (Å²) in [6.07, 6.45) is 5.26. The summed E-state index contributed by atoms with van der Waals surface area (Å²) in [6, 6.07) is 11.7. The number of aliphatic carboxylic acids is 1. The van der Waals surface area contributed by atoms with Crippen LogP contribution in [0.3, 0.4) is 0 Å². The quantitative estimate of drug-likeness (QED) is 0.741. The molecule has 0 saturated carbocycles. The molecule has 2 heterocycles. The topological polar surface area (TPSA) is 63.1 Å². The van der Waals surface area contributed by atoms with Gasteiger partial charge in [0.25, 0.3) is 0 Å². The summed E-state index contributed by atoms with van der Waals surface area (Å²) >= 11 is 1.33. The molecular weight excluding hydrogens is 296 g/mol. The summed E-state index contributed by atoms with van der Waals surface area (Å²) < 4.78 is 0. The van der Waals surface area contributed by atoms with Gasteiger partial charge < -0.3 is 5.11 Å². The summed E-state index contributed by atoms with van der Waals surface area (Å²) in [5.74, 6) is -0.821. The molecule has 2 aromatic heterocycles. The molecule has 0 aliphatic carbocycles. The molecule has 0 bridgehead atoms. The van der Waals surface area contributed by atoms with Crippen LogP contribution in [0.5, 0.6) is 0 Å². The van der Waals surface area contributed by atoms with Crippen molar-refractivity contribution in [3.8, 4) is 11.1 Å². The van der Waals surface area contributed by atoms with Crippen molar-refractivity contribution >= 4 is 28.6 Å². The summed E-state index contributed by atoms with van der Waals surface area (Å²) in [5.41, 5.74) is 2.92. The van der Waals surface area contributed by atoms with Gasteiger partial charge >= 0.3 is 5.97 Å². The van der Waals surface area contributed by atoms with Crippen LogP contribution in [-0.2, 0) is 4.79 Å². The third kappa shape index (κ3) is 2.94. The smallest absolute Gasteiger partial charge is 0.316 e. The fraction of sp³-hybridized carbons (Fsp3) is 0.118. The van der Waals surface area contributed by atoms with Gasteiger partial charge in [0.05, 0.1) is 5.52 Å². The van der Waals surface area contributed by atoms with E-state index < -0.39 is 11.2 Å². The van der Waals surface area contributed by atoms with Crippen LogP contribution in [0.2, 0.25) is 0 Å². The van der Waals surface area contributed by atoms with Crippen molar-refractivity contribution in [3.63, 3.8) is 0 Å². The molecule has 1 N–H and O–H groups in total. The Balaban J connectivity index is 2.08. The van der Waals surface area contributed by atoms with Crippen molar-refractivity contribution in [2.24, 2.45) is 0 Å². The zero-order valence-electron chi connectivity index (χ0n) is 11.9. The van der Waals surface area contributed by atoms with Crippen molar-refractivity contribution in [1.29, 1.82) is 0 Å². The number of hydrogen-bond donors (Lipinski definition) is 1. The standard InChI is InChI=1S/C17H14N2O2S/c1-11(17(20)21)22-16-6-8-19-15-5-4-12(9-14(15)16)13-3-2-7-18-10-13/h2-11H,1H3,(H,20,21). The first-order chi connectivity index (χ1) is 10.6.